The molecule has 0 radical (unpaired) electrons. The molecule has 2 aromatic heterocycles. The molecular weight excluding hydrogens is 332 g/mol. The topological polar surface area (TPSA) is 103 Å². The predicted octanol–water partition coefficient (Wildman–Crippen LogP) is 0.791. The molecule has 3 aromatic rings. The molecule has 0 saturated carbocycles. The summed E-state index contributed by atoms with van der Waals surface area (Å²) in [6.07, 6.45) is 4.94. The number of aryl methyl sites for hydroxylation is 1. The largest absolute Gasteiger partial charge is 0.324 e. The second-order valence-electron chi connectivity index (χ2n) is 6.39. The summed E-state index contributed by atoms with van der Waals surface area (Å²) >= 11 is 0. The van der Waals surface area contributed by atoms with Crippen molar-refractivity contribution in [1.29, 1.82) is 0 Å². The highest BCUT2D eigenvalue weighted by atomic mass is 16.2. The van der Waals surface area contributed by atoms with Crippen molar-refractivity contribution in [2.24, 2.45) is 7.05 Å². The normalized spacial score (nSPS) is 16.3. The van der Waals surface area contributed by atoms with Gasteiger partial charge in [0.25, 0.3) is 5.91 Å². The average Bonchev–Trinajstić information content (AvgIpc) is 3.34. The summed E-state index contributed by atoms with van der Waals surface area (Å²) < 4.78 is 3.37. The summed E-state index contributed by atoms with van der Waals surface area (Å²) in [7, 11) is 1.78. The van der Waals surface area contributed by atoms with E-state index in [4.69, 9.17) is 0 Å². The van der Waals surface area contributed by atoms with Crippen molar-refractivity contribution in [3.05, 3.63) is 42.7 Å². The number of anilines is 1. The van der Waals surface area contributed by atoms with Crippen LogP contribution >= 0.6 is 0 Å². The Bertz CT molecular complexity index is 895. The molecule has 0 unspecified atom stereocenters. The maximum absolute atomic E-state index is 13.2. The Balaban J connectivity index is 1.62. The zero-order valence-corrected chi connectivity index (χ0v) is 14.5. The molecule has 134 valence electrons. The molecule has 3 heterocycles. The van der Waals surface area contributed by atoms with Gasteiger partial charge in [-0.3, -0.25) is 9.48 Å². The van der Waals surface area contributed by atoms with E-state index in [1.54, 1.807) is 22.6 Å². The fourth-order valence-corrected chi connectivity index (χ4v) is 3.38. The molecule has 4 rings (SSSR count). The Morgan fingerprint density at radius 1 is 1.27 bits per heavy atom. The molecule has 0 bridgehead atoms. The zero-order chi connectivity index (χ0) is 18.0. The number of carbonyl (C=O) groups is 1. The number of piperidine rings is 1. The van der Waals surface area contributed by atoms with Crippen molar-refractivity contribution < 1.29 is 4.79 Å². The molecule has 1 amide bonds. The first kappa shape index (κ1) is 16.4. The second kappa shape index (κ2) is 6.68. The van der Waals surface area contributed by atoms with E-state index >= 15 is 0 Å². The van der Waals surface area contributed by atoms with E-state index in [9.17, 15) is 4.79 Å². The summed E-state index contributed by atoms with van der Waals surface area (Å²) in [6.45, 7) is 1.55. The van der Waals surface area contributed by atoms with Gasteiger partial charge in [0, 0.05) is 30.7 Å². The zero-order valence-electron chi connectivity index (χ0n) is 14.5. The number of aromatic nitrogens is 6. The number of hydrogen-bond donors (Lipinski definition) is 2. The van der Waals surface area contributed by atoms with Crippen LogP contribution in [0.25, 0.3) is 11.4 Å². The van der Waals surface area contributed by atoms with Gasteiger partial charge in [-0.15, -0.1) is 5.10 Å². The van der Waals surface area contributed by atoms with Crippen LogP contribution in [0.5, 0.6) is 0 Å². The summed E-state index contributed by atoms with van der Waals surface area (Å²) in [5, 5.41) is 22.2. The number of tetrazole rings is 1. The highest BCUT2D eigenvalue weighted by Crippen LogP contribution is 2.29. The van der Waals surface area contributed by atoms with Gasteiger partial charge in [-0.05, 0) is 54.6 Å². The lowest BCUT2D eigenvalue weighted by atomic mass is 9.87. The van der Waals surface area contributed by atoms with E-state index in [2.05, 4.69) is 31.3 Å². The maximum Gasteiger partial charge on any atom is 0.252 e. The van der Waals surface area contributed by atoms with E-state index in [1.165, 1.54) is 0 Å². The van der Waals surface area contributed by atoms with Crippen LogP contribution in [-0.4, -0.2) is 49.0 Å². The fourth-order valence-electron chi connectivity index (χ4n) is 3.38. The van der Waals surface area contributed by atoms with Crippen molar-refractivity contribution in [3.63, 3.8) is 0 Å². The van der Waals surface area contributed by atoms with Crippen molar-refractivity contribution in [1.82, 2.24) is 35.3 Å². The Morgan fingerprint density at radius 3 is 2.81 bits per heavy atom. The van der Waals surface area contributed by atoms with Crippen LogP contribution in [0.3, 0.4) is 0 Å². The van der Waals surface area contributed by atoms with Gasteiger partial charge in [-0.25, -0.2) is 4.68 Å². The average molecular weight is 352 g/mol. The number of amides is 1. The monoisotopic (exact) mass is 352 g/mol. The fraction of sp³-hybridized carbons (Fsp3) is 0.353. The van der Waals surface area contributed by atoms with Gasteiger partial charge in [0.05, 0.1) is 0 Å². The molecule has 26 heavy (non-hydrogen) atoms. The molecule has 0 aliphatic carbocycles. The Kier molecular flexibility index (Phi) is 4.21. The molecule has 0 atom stereocenters. The van der Waals surface area contributed by atoms with Crippen LogP contribution in [-0.2, 0) is 17.4 Å². The van der Waals surface area contributed by atoms with Gasteiger partial charge in [0.1, 0.15) is 5.54 Å². The van der Waals surface area contributed by atoms with Gasteiger partial charge in [-0.2, -0.15) is 5.10 Å². The molecule has 1 saturated heterocycles. The van der Waals surface area contributed by atoms with Gasteiger partial charge < -0.3 is 10.6 Å². The summed E-state index contributed by atoms with van der Waals surface area (Å²) in [4.78, 5) is 13.2. The number of hydrogen-bond acceptors (Lipinski definition) is 6. The molecule has 9 nitrogen and oxygen atoms in total. The van der Waals surface area contributed by atoms with Crippen molar-refractivity contribution >= 4 is 11.6 Å². The summed E-state index contributed by atoms with van der Waals surface area (Å²) in [5.74, 6) is 0.584. The van der Waals surface area contributed by atoms with Crippen LogP contribution in [0.4, 0.5) is 5.69 Å². The number of rotatable bonds is 4. The van der Waals surface area contributed by atoms with E-state index < -0.39 is 5.54 Å². The lowest BCUT2D eigenvalue weighted by molar-refractivity contribution is -0.126. The van der Waals surface area contributed by atoms with Crippen LogP contribution in [0.1, 0.15) is 12.8 Å². The second-order valence-corrected chi connectivity index (χ2v) is 6.39. The summed E-state index contributed by atoms with van der Waals surface area (Å²) in [5.41, 5.74) is 0.867. The van der Waals surface area contributed by atoms with Crippen molar-refractivity contribution in [2.75, 3.05) is 18.4 Å². The van der Waals surface area contributed by atoms with E-state index in [0.717, 1.165) is 18.7 Å². The van der Waals surface area contributed by atoms with Crippen LogP contribution in [0, 0.1) is 0 Å². The number of benzene rings is 1. The molecule has 0 spiro atoms. The Morgan fingerprint density at radius 2 is 2.12 bits per heavy atom. The molecule has 9 heteroatoms. The standard InChI is InChI=1S/C17H20N8O/c1-24-15(21-22-23-24)13-4-2-5-14(12-13)20-16(26)17(6-9-18-10-7-17)25-11-3-8-19-25/h2-5,8,11-12,18H,6-7,9-10H2,1H3,(H,20,26). The van der Waals surface area contributed by atoms with E-state index in [-0.39, 0.29) is 5.91 Å². The molecule has 1 fully saturated rings. The quantitative estimate of drug-likeness (QED) is 0.720. The highest BCUT2D eigenvalue weighted by Gasteiger charge is 2.42. The summed E-state index contributed by atoms with van der Waals surface area (Å²) in [6, 6.07) is 9.38. The first-order valence-corrected chi connectivity index (χ1v) is 8.54. The third-order valence-electron chi connectivity index (χ3n) is 4.80. The van der Waals surface area contributed by atoms with Crippen LogP contribution in [0.15, 0.2) is 42.7 Å². The maximum atomic E-state index is 13.2. The minimum atomic E-state index is -0.683. The minimum Gasteiger partial charge on any atom is -0.324 e. The first-order valence-electron chi connectivity index (χ1n) is 8.54. The van der Waals surface area contributed by atoms with Gasteiger partial charge in [-0.1, -0.05) is 12.1 Å². The predicted molar refractivity (Wildman–Crippen MR) is 95.2 cm³/mol. The SMILES string of the molecule is Cn1nnnc1-c1cccc(NC(=O)C2(n3cccn3)CCNCC2)c1. The lowest BCUT2D eigenvalue weighted by Crippen LogP contribution is -2.52. The van der Waals surface area contributed by atoms with Gasteiger partial charge in [0.2, 0.25) is 0 Å². The first-order chi connectivity index (χ1) is 12.7. The third-order valence-corrected chi connectivity index (χ3v) is 4.80. The lowest BCUT2D eigenvalue weighted by Gasteiger charge is -2.36. The van der Waals surface area contributed by atoms with Gasteiger partial charge in [0.15, 0.2) is 5.82 Å². The van der Waals surface area contributed by atoms with Gasteiger partial charge >= 0.3 is 0 Å². The molecular formula is C17H20N8O. The third kappa shape index (κ3) is 2.86. The molecule has 1 aliphatic rings. The van der Waals surface area contributed by atoms with E-state index in [0.29, 0.717) is 24.4 Å². The smallest absolute Gasteiger partial charge is 0.252 e. The van der Waals surface area contributed by atoms with Crippen molar-refractivity contribution in [3.8, 4) is 11.4 Å². The Labute approximate surface area is 150 Å². The van der Waals surface area contributed by atoms with Crippen LogP contribution < -0.4 is 10.6 Å². The number of carbonyl (C=O) groups excluding carboxylic acids is 1. The molecule has 1 aromatic carbocycles. The van der Waals surface area contributed by atoms with Crippen molar-refractivity contribution in [2.45, 2.75) is 18.4 Å². The number of nitrogens with zero attached hydrogens (tertiary/aromatic N) is 6. The highest BCUT2D eigenvalue weighted by molar-refractivity contribution is 5.97. The molecule has 2 N–H and O–H groups in total. The van der Waals surface area contributed by atoms with Crippen LogP contribution in [0.2, 0.25) is 0 Å². The Hall–Kier alpha value is -3.07. The number of nitrogens with one attached hydrogen (secondary N) is 2. The molecule has 1 aliphatic heterocycles. The van der Waals surface area contributed by atoms with E-state index in [1.807, 2.05) is 36.5 Å². The minimum absolute atomic E-state index is 0.0593.